The van der Waals surface area contributed by atoms with E-state index in [1.54, 1.807) is 32.3 Å². The van der Waals surface area contributed by atoms with Gasteiger partial charge in [-0.2, -0.15) is 0 Å². The Morgan fingerprint density at radius 3 is 2.54 bits per heavy atom. The van der Waals surface area contributed by atoms with E-state index in [2.05, 4.69) is 48.9 Å². The molecule has 5 rings (SSSR count). The van der Waals surface area contributed by atoms with Crippen molar-refractivity contribution >= 4 is 23.7 Å². The summed E-state index contributed by atoms with van der Waals surface area (Å²) in [6.07, 6.45) is 2.96. The zero-order valence-corrected chi connectivity index (χ0v) is 23.4. The number of aromatic nitrogens is 1. The monoisotopic (exact) mass is 532 g/mol. The maximum Gasteiger partial charge on any atom is 0.252 e. The van der Waals surface area contributed by atoms with E-state index in [9.17, 15) is 14.4 Å². The molecular formula is C31H37FN4O3. The molecule has 3 heterocycles. The first-order chi connectivity index (χ1) is 18.4. The molecule has 7 nitrogen and oxygen atoms in total. The van der Waals surface area contributed by atoms with E-state index in [0.717, 1.165) is 23.2 Å². The second-order valence-corrected chi connectivity index (χ2v) is 11.8. The van der Waals surface area contributed by atoms with Crippen molar-refractivity contribution in [3.63, 3.8) is 0 Å². The van der Waals surface area contributed by atoms with Crippen LogP contribution in [0.3, 0.4) is 0 Å². The largest absolute Gasteiger partial charge is 0.328 e. The lowest BCUT2D eigenvalue weighted by molar-refractivity contribution is -0.122. The average molecular weight is 533 g/mol. The third-order valence-electron chi connectivity index (χ3n) is 7.66. The highest BCUT2D eigenvalue weighted by atomic mass is 19.1. The molecule has 206 valence electrons. The summed E-state index contributed by atoms with van der Waals surface area (Å²) in [5.74, 6) is -0.458. The van der Waals surface area contributed by atoms with E-state index in [-0.39, 0.29) is 34.7 Å². The minimum atomic E-state index is -0.801. The standard InChI is InChI=1S/C24H29FN2O.C7H8N2O2/c1-14-9-10-17-19(11-14)27-22(28)24(17)18(13-26-20(24)12-23(3,4)5)16-8-6-7-15(2)21(16)25;1-9-3-2-6(8-5-10)4-7(9)11/h6-11,18,20,26H,12-13H2,1-5H3,(H,27,28);2-5H,1H3,(H,8,10)/t18?,20?,24-;/m0./s1. The predicted molar refractivity (Wildman–Crippen MR) is 153 cm³/mol. The van der Waals surface area contributed by atoms with Gasteiger partial charge in [0, 0.05) is 49.2 Å². The third kappa shape index (κ3) is 5.39. The highest BCUT2D eigenvalue weighted by Crippen LogP contribution is 2.54. The van der Waals surface area contributed by atoms with Gasteiger partial charge in [0.05, 0.1) is 5.41 Å². The van der Waals surface area contributed by atoms with Gasteiger partial charge in [0.25, 0.3) is 5.56 Å². The Bertz CT molecular complexity index is 1460. The minimum absolute atomic E-state index is 0.0155. The molecule has 0 saturated carbocycles. The number of halogens is 1. The number of carbonyl (C=O) groups is 2. The summed E-state index contributed by atoms with van der Waals surface area (Å²) >= 11 is 0. The topological polar surface area (TPSA) is 92.2 Å². The number of amides is 2. The highest BCUT2D eigenvalue weighted by Gasteiger charge is 2.61. The number of nitrogens with one attached hydrogen (secondary N) is 3. The molecule has 0 bridgehead atoms. The summed E-state index contributed by atoms with van der Waals surface area (Å²) in [6, 6.07) is 14.6. The summed E-state index contributed by atoms with van der Waals surface area (Å²) in [5.41, 5.74) is 3.83. The molecule has 3 aromatic rings. The number of hydrogen-bond acceptors (Lipinski definition) is 4. The maximum atomic E-state index is 15.2. The molecule has 1 aromatic heterocycles. The van der Waals surface area contributed by atoms with Gasteiger partial charge in [0.1, 0.15) is 5.82 Å². The van der Waals surface area contributed by atoms with E-state index in [0.29, 0.717) is 29.8 Å². The van der Waals surface area contributed by atoms with Crippen molar-refractivity contribution in [1.82, 2.24) is 9.88 Å². The summed E-state index contributed by atoms with van der Waals surface area (Å²) < 4.78 is 16.6. The van der Waals surface area contributed by atoms with Gasteiger partial charge in [-0.15, -0.1) is 0 Å². The van der Waals surface area contributed by atoms with Crippen molar-refractivity contribution in [2.45, 2.75) is 58.4 Å². The van der Waals surface area contributed by atoms with Crippen molar-refractivity contribution in [2.75, 3.05) is 17.2 Å². The lowest BCUT2D eigenvalue weighted by Crippen LogP contribution is -2.49. The molecule has 0 radical (unpaired) electrons. The van der Waals surface area contributed by atoms with Crippen molar-refractivity contribution < 1.29 is 14.0 Å². The number of hydrogen-bond donors (Lipinski definition) is 3. The van der Waals surface area contributed by atoms with Crippen LogP contribution >= 0.6 is 0 Å². The lowest BCUT2D eigenvalue weighted by Gasteiger charge is -2.37. The number of fused-ring (bicyclic) bond motifs is 2. The van der Waals surface area contributed by atoms with Gasteiger partial charge in [-0.25, -0.2) is 4.39 Å². The van der Waals surface area contributed by atoms with Crippen LogP contribution in [-0.2, 0) is 22.1 Å². The molecule has 0 aliphatic carbocycles. The van der Waals surface area contributed by atoms with Crippen LogP contribution in [0, 0.1) is 25.1 Å². The first-order valence-corrected chi connectivity index (χ1v) is 13.2. The third-order valence-corrected chi connectivity index (χ3v) is 7.66. The van der Waals surface area contributed by atoms with Crippen LogP contribution < -0.4 is 21.5 Å². The Labute approximate surface area is 228 Å². The number of carbonyl (C=O) groups excluding carboxylic acids is 2. The molecule has 39 heavy (non-hydrogen) atoms. The smallest absolute Gasteiger partial charge is 0.252 e. The van der Waals surface area contributed by atoms with Crippen LogP contribution in [0.4, 0.5) is 15.8 Å². The summed E-state index contributed by atoms with van der Waals surface area (Å²) in [5, 5.41) is 9.10. The molecule has 1 saturated heterocycles. The van der Waals surface area contributed by atoms with Gasteiger partial charge in [-0.3, -0.25) is 14.4 Å². The SMILES string of the molecule is Cc1ccc2c(c1)NC(=O)[C@@]21C(CC(C)(C)C)NCC1c1cccc(C)c1F.Cn1ccc(NC=O)cc1=O. The van der Waals surface area contributed by atoms with Crippen molar-refractivity contribution in [2.24, 2.45) is 12.5 Å². The average Bonchev–Trinajstić information content (AvgIpc) is 3.35. The second kappa shape index (κ2) is 10.8. The van der Waals surface area contributed by atoms with E-state index in [1.165, 1.54) is 10.6 Å². The predicted octanol–water partition coefficient (Wildman–Crippen LogP) is 4.78. The van der Waals surface area contributed by atoms with E-state index in [4.69, 9.17) is 0 Å². The van der Waals surface area contributed by atoms with Crippen LogP contribution in [-0.4, -0.2) is 29.5 Å². The molecule has 2 aliphatic heterocycles. The van der Waals surface area contributed by atoms with Crippen LogP contribution in [0.5, 0.6) is 0 Å². The summed E-state index contributed by atoms with van der Waals surface area (Å²) in [6.45, 7) is 11.0. The Hall–Kier alpha value is -3.78. The fourth-order valence-electron chi connectivity index (χ4n) is 5.83. The summed E-state index contributed by atoms with van der Waals surface area (Å²) in [7, 11) is 1.65. The molecular weight excluding hydrogens is 495 g/mol. The Kier molecular flexibility index (Phi) is 7.80. The molecule has 2 unspecified atom stereocenters. The number of benzene rings is 2. The quantitative estimate of drug-likeness (QED) is 0.422. The van der Waals surface area contributed by atoms with E-state index < -0.39 is 5.41 Å². The van der Waals surface area contributed by atoms with Crippen molar-refractivity contribution in [3.05, 3.63) is 93.2 Å². The number of anilines is 2. The van der Waals surface area contributed by atoms with Crippen LogP contribution in [0.15, 0.2) is 59.5 Å². The molecule has 8 heteroatoms. The highest BCUT2D eigenvalue weighted by molar-refractivity contribution is 6.08. The fraction of sp³-hybridized carbons (Fsp3) is 0.387. The molecule has 2 amide bonds. The van der Waals surface area contributed by atoms with Crippen LogP contribution in [0.1, 0.15) is 55.4 Å². The molecule has 1 spiro atoms. The Balaban J connectivity index is 0.000000270. The molecule has 3 N–H and O–H groups in total. The number of nitrogens with zero attached hydrogens (tertiary/aromatic N) is 1. The van der Waals surface area contributed by atoms with Gasteiger partial charge in [-0.05, 0) is 60.1 Å². The van der Waals surface area contributed by atoms with Gasteiger partial charge in [-0.1, -0.05) is 51.1 Å². The molecule has 1 fully saturated rings. The maximum absolute atomic E-state index is 15.2. The fourth-order valence-corrected chi connectivity index (χ4v) is 5.83. The zero-order valence-electron chi connectivity index (χ0n) is 23.4. The Morgan fingerprint density at radius 2 is 1.87 bits per heavy atom. The molecule has 2 aliphatic rings. The lowest BCUT2D eigenvalue weighted by atomic mass is 9.63. The Morgan fingerprint density at radius 1 is 1.13 bits per heavy atom. The molecule has 3 atom stereocenters. The normalized spacial score (nSPS) is 21.7. The number of rotatable bonds is 4. The van der Waals surface area contributed by atoms with Gasteiger partial charge >= 0.3 is 0 Å². The van der Waals surface area contributed by atoms with Crippen LogP contribution in [0.2, 0.25) is 0 Å². The second-order valence-electron chi connectivity index (χ2n) is 11.8. The van der Waals surface area contributed by atoms with Gasteiger partial charge in [0.2, 0.25) is 12.3 Å². The first-order valence-electron chi connectivity index (χ1n) is 13.2. The van der Waals surface area contributed by atoms with Gasteiger partial charge in [0.15, 0.2) is 0 Å². The van der Waals surface area contributed by atoms with Crippen LogP contribution in [0.25, 0.3) is 0 Å². The molecule has 2 aromatic carbocycles. The minimum Gasteiger partial charge on any atom is -0.328 e. The summed E-state index contributed by atoms with van der Waals surface area (Å²) in [4.78, 5) is 34.4. The number of aryl methyl sites for hydroxylation is 3. The van der Waals surface area contributed by atoms with Crippen molar-refractivity contribution in [1.29, 1.82) is 0 Å². The number of pyridine rings is 1. The van der Waals surface area contributed by atoms with Crippen molar-refractivity contribution in [3.8, 4) is 0 Å². The van der Waals surface area contributed by atoms with E-state index >= 15 is 4.39 Å². The first kappa shape index (κ1) is 28.2. The van der Waals surface area contributed by atoms with Gasteiger partial charge < -0.3 is 20.5 Å². The van der Waals surface area contributed by atoms with E-state index in [1.807, 2.05) is 25.1 Å². The zero-order chi connectivity index (χ0) is 28.5.